The highest BCUT2D eigenvalue weighted by molar-refractivity contribution is 5.77. The van der Waals surface area contributed by atoms with Crippen LogP contribution in [0.4, 0.5) is 8.78 Å². The van der Waals surface area contributed by atoms with E-state index in [9.17, 15) is 13.6 Å². The van der Waals surface area contributed by atoms with Gasteiger partial charge in [-0.2, -0.15) is 5.10 Å². The molecule has 0 bridgehead atoms. The number of rotatable bonds is 3. The fourth-order valence-corrected chi connectivity index (χ4v) is 4.49. The Labute approximate surface area is 178 Å². The van der Waals surface area contributed by atoms with Crippen molar-refractivity contribution in [3.05, 3.63) is 71.6 Å². The SMILES string of the molecule is O=C1Cn2nc(-c3ccccc3)nc2CC2(CCN(Cc3ccc(F)cc3F)CC2)N1. The molecule has 8 heteroatoms. The van der Waals surface area contributed by atoms with E-state index in [-0.39, 0.29) is 18.0 Å². The fraction of sp³-hybridized carbons (Fsp3) is 0.348. The van der Waals surface area contributed by atoms with E-state index >= 15 is 0 Å². The van der Waals surface area contributed by atoms with Crippen LogP contribution in [0.1, 0.15) is 24.2 Å². The number of likely N-dealkylation sites (tertiary alicyclic amines) is 1. The largest absolute Gasteiger partial charge is 0.349 e. The molecule has 2 aromatic carbocycles. The maximum atomic E-state index is 14.0. The number of fused-ring (bicyclic) bond motifs is 1. The van der Waals surface area contributed by atoms with Gasteiger partial charge < -0.3 is 5.32 Å². The van der Waals surface area contributed by atoms with Crippen molar-refractivity contribution in [2.45, 2.75) is 37.9 Å². The molecule has 0 radical (unpaired) electrons. The zero-order valence-electron chi connectivity index (χ0n) is 17.0. The van der Waals surface area contributed by atoms with Gasteiger partial charge >= 0.3 is 0 Å². The normalized spacial score (nSPS) is 18.5. The Bertz CT molecular complexity index is 1110. The van der Waals surface area contributed by atoms with Crippen molar-refractivity contribution < 1.29 is 13.6 Å². The molecular weight excluding hydrogens is 400 g/mol. The molecular formula is C23H23F2N5O. The summed E-state index contributed by atoms with van der Waals surface area (Å²) >= 11 is 0. The Hall–Kier alpha value is -3.13. The fourth-order valence-electron chi connectivity index (χ4n) is 4.49. The Morgan fingerprint density at radius 1 is 1.06 bits per heavy atom. The molecule has 2 aliphatic rings. The molecule has 5 rings (SSSR count). The molecule has 3 aromatic rings. The second-order valence-electron chi connectivity index (χ2n) is 8.39. The van der Waals surface area contributed by atoms with Gasteiger partial charge in [0.1, 0.15) is 24.0 Å². The van der Waals surface area contributed by atoms with Gasteiger partial charge in [-0.3, -0.25) is 9.69 Å². The maximum absolute atomic E-state index is 14.0. The van der Waals surface area contributed by atoms with Gasteiger partial charge in [0.15, 0.2) is 5.82 Å². The van der Waals surface area contributed by atoms with Gasteiger partial charge in [0.2, 0.25) is 5.91 Å². The van der Waals surface area contributed by atoms with Crippen LogP contribution < -0.4 is 5.32 Å². The predicted molar refractivity (Wildman–Crippen MR) is 111 cm³/mol. The minimum absolute atomic E-state index is 0.0682. The van der Waals surface area contributed by atoms with Crippen molar-refractivity contribution in [2.75, 3.05) is 13.1 Å². The summed E-state index contributed by atoms with van der Waals surface area (Å²) in [6.07, 6.45) is 2.07. The summed E-state index contributed by atoms with van der Waals surface area (Å²) in [5, 5.41) is 7.76. The minimum Gasteiger partial charge on any atom is -0.349 e. The van der Waals surface area contributed by atoms with Crippen molar-refractivity contribution in [2.24, 2.45) is 0 Å². The first-order valence-corrected chi connectivity index (χ1v) is 10.5. The zero-order chi connectivity index (χ0) is 21.4. The average Bonchev–Trinajstić information content (AvgIpc) is 3.08. The predicted octanol–water partition coefficient (Wildman–Crippen LogP) is 2.93. The smallest absolute Gasteiger partial charge is 0.242 e. The van der Waals surface area contributed by atoms with Crippen LogP contribution in [-0.4, -0.2) is 44.2 Å². The number of hydrogen-bond donors (Lipinski definition) is 1. The highest BCUT2D eigenvalue weighted by Crippen LogP contribution is 2.30. The van der Waals surface area contributed by atoms with Crippen LogP contribution in [0.15, 0.2) is 48.5 Å². The van der Waals surface area contributed by atoms with Gasteiger partial charge in [-0.05, 0) is 18.9 Å². The van der Waals surface area contributed by atoms with Crippen LogP contribution in [0, 0.1) is 11.6 Å². The second-order valence-corrected chi connectivity index (χ2v) is 8.39. The molecule has 0 atom stereocenters. The van der Waals surface area contributed by atoms with Crippen LogP contribution in [0.25, 0.3) is 11.4 Å². The highest BCUT2D eigenvalue weighted by atomic mass is 19.1. The quantitative estimate of drug-likeness (QED) is 0.704. The summed E-state index contributed by atoms with van der Waals surface area (Å²) in [5.74, 6) is 0.268. The first-order valence-electron chi connectivity index (χ1n) is 10.5. The molecule has 160 valence electrons. The molecule has 0 saturated carbocycles. The first-order chi connectivity index (χ1) is 15.0. The average molecular weight is 423 g/mol. The van der Waals surface area contributed by atoms with Crippen LogP contribution in [0.5, 0.6) is 0 Å². The Kier molecular flexibility index (Phi) is 5.02. The lowest BCUT2D eigenvalue weighted by Gasteiger charge is -2.41. The molecule has 1 fully saturated rings. The van der Waals surface area contributed by atoms with Crippen molar-refractivity contribution in [1.82, 2.24) is 25.0 Å². The third-order valence-corrected chi connectivity index (χ3v) is 6.20. The standard InChI is InChI=1S/C23H23F2N5O/c24-18-7-6-17(19(25)12-18)14-29-10-8-23(9-11-29)13-20-26-22(16-4-2-1-3-5-16)28-30(20)15-21(31)27-23/h1-7,12H,8-11,13-15H2,(H,27,31). The van der Waals surface area contributed by atoms with E-state index in [2.05, 4.69) is 15.3 Å². The number of halogens is 2. The summed E-state index contributed by atoms with van der Waals surface area (Å²) < 4.78 is 28.9. The Morgan fingerprint density at radius 2 is 1.84 bits per heavy atom. The van der Waals surface area contributed by atoms with E-state index < -0.39 is 11.6 Å². The molecule has 6 nitrogen and oxygen atoms in total. The number of nitrogens with one attached hydrogen (secondary N) is 1. The van der Waals surface area contributed by atoms with Crippen LogP contribution in [-0.2, 0) is 24.3 Å². The molecule has 3 heterocycles. The van der Waals surface area contributed by atoms with E-state index in [0.717, 1.165) is 30.3 Å². The number of benzene rings is 2. The lowest BCUT2D eigenvalue weighted by Crippen LogP contribution is -2.56. The summed E-state index contributed by atoms with van der Waals surface area (Å²) in [5.41, 5.74) is 1.02. The van der Waals surface area contributed by atoms with Crippen molar-refractivity contribution in [3.63, 3.8) is 0 Å². The molecule has 0 aliphatic carbocycles. The number of piperidine rings is 1. The zero-order valence-corrected chi connectivity index (χ0v) is 17.0. The molecule has 0 unspecified atom stereocenters. The second kappa shape index (κ2) is 7.85. The maximum Gasteiger partial charge on any atom is 0.242 e. The number of carbonyl (C=O) groups excluding carboxylic acids is 1. The summed E-state index contributed by atoms with van der Waals surface area (Å²) in [4.78, 5) is 19.5. The number of amides is 1. The van der Waals surface area contributed by atoms with Crippen LogP contribution >= 0.6 is 0 Å². The Morgan fingerprint density at radius 3 is 2.58 bits per heavy atom. The highest BCUT2D eigenvalue weighted by Gasteiger charge is 2.40. The molecule has 1 amide bonds. The number of nitrogens with zero attached hydrogens (tertiary/aromatic N) is 4. The van der Waals surface area contributed by atoms with Crippen molar-refractivity contribution >= 4 is 5.91 Å². The minimum atomic E-state index is -0.570. The van der Waals surface area contributed by atoms with Gasteiger partial charge in [0, 0.05) is 48.8 Å². The molecule has 2 aliphatic heterocycles. The third-order valence-electron chi connectivity index (χ3n) is 6.20. The van der Waals surface area contributed by atoms with Crippen LogP contribution in [0.2, 0.25) is 0 Å². The van der Waals surface area contributed by atoms with Crippen molar-refractivity contribution in [1.29, 1.82) is 0 Å². The molecule has 31 heavy (non-hydrogen) atoms. The number of aromatic nitrogens is 3. The van der Waals surface area contributed by atoms with E-state index in [4.69, 9.17) is 4.98 Å². The summed E-state index contributed by atoms with van der Waals surface area (Å²) in [6, 6.07) is 13.4. The Balaban J connectivity index is 1.32. The monoisotopic (exact) mass is 423 g/mol. The summed E-state index contributed by atoms with van der Waals surface area (Å²) in [6.45, 7) is 1.99. The molecule has 1 spiro atoms. The van der Waals surface area contributed by atoms with Gasteiger partial charge in [-0.15, -0.1) is 0 Å². The van der Waals surface area contributed by atoms with Gasteiger partial charge in [0.05, 0.1) is 0 Å². The molecule has 1 aromatic heterocycles. The molecule has 1 saturated heterocycles. The van der Waals surface area contributed by atoms with E-state index in [1.54, 1.807) is 4.68 Å². The van der Waals surface area contributed by atoms with E-state index in [1.165, 1.54) is 12.1 Å². The van der Waals surface area contributed by atoms with Gasteiger partial charge in [0.25, 0.3) is 0 Å². The topological polar surface area (TPSA) is 63.1 Å². The summed E-state index contributed by atoms with van der Waals surface area (Å²) in [7, 11) is 0. The van der Waals surface area contributed by atoms with Crippen molar-refractivity contribution in [3.8, 4) is 11.4 Å². The lowest BCUT2D eigenvalue weighted by atomic mass is 9.84. The van der Waals surface area contributed by atoms with Crippen LogP contribution in [0.3, 0.4) is 0 Å². The third kappa shape index (κ3) is 4.07. The number of hydrogen-bond acceptors (Lipinski definition) is 4. The lowest BCUT2D eigenvalue weighted by molar-refractivity contribution is -0.123. The number of carbonyl (C=O) groups is 1. The van der Waals surface area contributed by atoms with E-state index in [1.807, 2.05) is 30.3 Å². The van der Waals surface area contributed by atoms with Gasteiger partial charge in [-0.25, -0.2) is 18.4 Å². The first kappa shape index (κ1) is 19.8. The molecule has 1 N–H and O–H groups in total. The van der Waals surface area contributed by atoms with Gasteiger partial charge in [-0.1, -0.05) is 36.4 Å². The van der Waals surface area contributed by atoms with E-state index in [0.29, 0.717) is 37.4 Å².